The molecule has 0 spiro atoms. The first kappa shape index (κ1) is 12.3. The van der Waals surface area contributed by atoms with Gasteiger partial charge in [-0.25, -0.2) is 4.39 Å². The molecule has 1 fully saturated rings. The van der Waals surface area contributed by atoms with Crippen LogP contribution in [0.25, 0.3) is 0 Å². The van der Waals surface area contributed by atoms with Crippen LogP contribution in [0.1, 0.15) is 18.4 Å². The molecule has 1 amide bonds. The van der Waals surface area contributed by atoms with Crippen LogP contribution in [0.15, 0.2) is 18.2 Å². The topological polar surface area (TPSA) is 55.1 Å². The SMILES string of the molecule is NC(=O)C1(c2ccc(Cl)c(F)c2)CCNCC1. The van der Waals surface area contributed by atoms with Crippen LogP contribution in [0.3, 0.4) is 0 Å². The number of hydrogen-bond donors (Lipinski definition) is 2. The van der Waals surface area contributed by atoms with Crippen molar-refractivity contribution in [3.63, 3.8) is 0 Å². The van der Waals surface area contributed by atoms with Crippen molar-refractivity contribution in [1.82, 2.24) is 5.32 Å². The Morgan fingerprint density at radius 3 is 2.59 bits per heavy atom. The van der Waals surface area contributed by atoms with Crippen molar-refractivity contribution in [1.29, 1.82) is 0 Å². The number of amides is 1. The number of hydrogen-bond acceptors (Lipinski definition) is 2. The lowest BCUT2D eigenvalue weighted by Crippen LogP contribution is -2.48. The lowest BCUT2D eigenvalue weighted by atomic mass is 9.72. The van der Waals surface area contributed by atoms with Crippen molar-refractivity contribution < 1.29 is 9.18 Å². The second kappa shape index (κ2) is 4.63. The number of benzene rings is 1. The van der Waals surface area contributed by atoms with Crippen LogP contribution >= 0.6 is 11.6 Å². The molecule has 3 N–H and O–H groups in total. The van der Waals surface area contributed by atoms with E-state index < -0.39 is 17.1 Å². The molecule has 0 aromatic heterocycles. The Labute approximate surface area is 104 Å². The molecule has 2 rings (SSSR count). The van der Waals surface area contributed by atoms with Gasteiger partial charge in [0.1, 0.15) is 5.82 Å². The van der Waals surface area contributed by atoms with E-state index in [0.29, 0.717) is 31.5 Å². The third-order valence-corrected chi connectivity index (χ3v) is 3.71. The minimum atomic E-state index is -0.767. The van der Waals surface area contributed by atoms with Crippen molar-refractivity contribution in [3.8, 4) is 0 Å². The Balaban J connectivity index is 2.45. The second-order valence-electron chi connectivity index (χ2n) is 4.33. The first-order valence-corrected chi connectivity index (χ1v) is 5.90. The second-order valence-corrected chi connectivity index (χ2v) is 4.73. The van der Waals surface area contributed by atoms with Gasteiger partial charge in [-0.1, -0.05) is 17.7 Å². The van der Waals surface area contributed by atoms with Gasteiger partial charge in [-0.15, -0.1) is 0 Å². The zero-order valence-electron chi connectivity index (χ0n) is 9.30. The van der Waals surface area contributed by atoms with E-state index in [2.05, 4.69) is 5.32 Å². The lowest BCUT2D eigenvalue weighted by Gasteiger charge is -2.35. The summed E-state index contributed by atoms with van der Waals surface area (Å²) < 4.78 is 13.5. The standard InChI is InChI=1S/C12H14ClFN2O/c13-9-2-1-8(7-10(9)14)12(11(15)17)3-5-16-6-4-12/h1-2,7,16H,3-6H2,(H2,15,17). The maximum absolute atomic E-state index is 13.5. The molecule has 0 aliphatic carbocycles. The van der Waals surface area contributed by atoms with Crippen LogP contribution in [0.5, 0.6) is 0 Å². The van der Waals surface area contributed by atoms with Crippen LogP contribution in [0.2, 0.25) is 5.02 Å². The van der Waals surface area contributed by atoms with Crippen molar-refractivity contribution in [2.45, 2.75) is 18.3 Å². The predicted molar refractivity (Wildman–Crippen MR) is 64.4 cm³/mol. The van der Waals surface area contributed by atoms with Gasteiger partial charge < -0.3 is 11.1 Å². The van der Waals surface area contributed by atoms with Gasteiger partial charge in [-0.05, 0) is 43.6 Å². The van der Waals surface area contributed by atoms with Gasteiger partial charge in [-0.3, -0.25) is 4.79 Å². The first-order chi connectivity index (χ1) is 8.06. The summed E-state index contributed by atoms with van der Waals surface area (Å²) in [6.07, 6.45) is 1.17. The summed E-state index contributed by atoms with van der Waals surface area (Å²) in [7, 11) is 0. The Bertz CT molecular complexity index is 444. The number of nitrogens with one attached hydrogen (secondary N) is 1. The molecule has 0 saturated carbocycles. The molecule has 0 bridgehead atoms. The van der Waals surface area contributed by atoms with Crippen molar-refractivity contribution in [3.05, 3.63) is 34.6 Å². The van der Waals surface area contributed by atoms with Gasteiger partial charge >= 0.3 is 0 Å². The highest BCUT2D eigenvalue weighted by molar-refractivity contribution is 6.30. The fourth-order valence-electron chi connectivity index (χ4n) is 2.32. The molecule has 0 radical (unpaired) electrons. The van der Waals surface area contributed by atoms with E-state index in [1.54, 1.807) is 6.07 Å². The van der Waals surface area contributed by atoms with E-state index in [-0.39, 0.29) is 5.02 Å². The smallest absolute Gasteiger partial charge is 0.228 e. The number of nitrogens with two attached hydrogens (primary N) is 1. The van der Waals surface area contributed by atoms with E-state index in [1.807, 2.05) is 0 Å². The molecule has 1 heterocycles. The molecule has 1 aromatic rings. The molecule has 0 atom stereocenters. The van der Waals surface area contributed by atoms with Gasteiger partial charge in [0.05, 0.1) is 10.4 Å². The molecular formula is C12H14ClFN2O. The number of primary amides is 1. The van der Waals surface area contributed by atoms with Crippen LogP contribution in [0.4, 0.5) is 4.39 Å². The Morgan fingerprint density at radius 1 is 1.41 bits per heavy atom. The summed E-state index contributed by atoms with van der Waals surface area (Å²) in [5.41, 5.74) is 5.35. The average molecular weight is 257 g/mol. The van der Waals surface area contributed by atoms with Crippen LogP contribution < -0.4 is 11.1 Å². The van der Waals surface area contributed by atoms with Gasteiger partial charge in [0.25, 0.3) is 0 Å². The van der Waals surface area contributed by atoms with Gasteiger partial charge in [-0.2, -0.15) is 0 Å². The number of carbonyl (C=O) groups excluding carboxylic acids is 1. The minimum Gasteiger partial charge on any atom is -0.369 e. The molecule has 3 nitrogen and oxygen atoms in total. The Hall–Kier alpha value is -1.13. The molecule has 1 aliphatic heterocycles. The monoisotopic (exact) mass is 256 g/mol. The van der Waals surface area contributed by atoms with E-state index in [1.165, 1.54) is 12.1 Å². The maximum Gasteiger partial charge on any atom is 0.228 e. The van der Waals surface area contributed by atoms with E-state index in [9.17, 15) is 9.18 Å². The quantitative estimate of drug-likeness (QED) is 0.844. The van der Waals surface area contributed by atoms with Crippen LogP contribution in [-0.2, 0) is 10.2 Å². The predicted octanol–water partition coefficient (Wildman–Crippen LogP) is 1.59. The third-order valence-electron chi connectivity index (χ3n) is 3.40. The molecule has 17 heavy (non-hydrogen) atoms. The maximum atomic E-state index is 13.5. The third kappa shape index (κ3) is 2.15. The molecule has 1 aromatic carbocycles. The highest BCUT2D eigenvalue weighted by atomic mass is 35.5. The largest absolute Gasteiger partial charge is 0.369 e. The lowest BCUT2D eigenvalue weighted by molar-refractivity contribution is -0.124. The number of carbonyl (C=O) groups is 1. The summed E-state index contributed by atoms with van der Waals surface area (Å²) >= 11 is 5.64. The summed E-state index contributed by atoms with van der Waals surface area (Å²) in [6, 6.07) is 4.47. The normalized spacial score (nSPS) is 18.9. The summed E-state index contributed by atoms with van der Waals surface area (Å²) in [4.78, 5) is 11.7. The van der Waals surface area contributed by atoms with E-state index in [4.69, 9.17) is 17.3 Å². The summed E-state index contributed by atoms with van der Waals surface area (Å²) in [5.74, 6) is -0.913. The fraction of sp³-hybridized carbons (Fsp3) is 0.417. The van der Waals surface area contributed by atoms with Gasteiger partial charge in [0.15, 0.2) is 0 Å². The zero-order valence-corrected chi connectivity index (χ0v) is 10.1. The van der Waals surface area contributed by atoms with E-state index >= 15 is 0 Å². The van der Waals surface area contributed by atoms with Crippen LogP contribution in [-0.4, -0.2) is 19.0 Å². The number of piperidine rings is 1. The molecule has 1 saturated heterocycles. The fourth-order valence-corrected chi connectivity index (χ4v) is 2.44. The molecule has 92 valence electrons. The molecular weight excluding hydrogens is 243 g/mol. The van der Waals surface area contributed by atoms with Crippen LogP contribution in [0, 0.1) is 5.82 Å². The molecule has 5 heteroatoms. The average Bonchev–Trinajstić information content (AvgIpc) is 2.33. The van der Waals surface area contributed by atoms with E-state index in [0.717, 1.165) is 0 Å². The highest BCUT2D eigenvalue weighted by Crippen LogP contribution is 2.34. The van der Waals surface area contributed by atoms with Gasteiger partial charge in [0.2, 0.25) is 5.91 Å². The first-order valence-electron chi connectivity index (χ1n) is 5.52. The molecule has 0 unspecified atom stereocenters. The molecule has 1 aliphatic rings. The summed E-state index contributed by atoms with van der Waals surface area (Å²) in [6.45, 7) is 1.40. The van der Waals surface area contributed by atoms with Crippen molar-refractivity contribution >= 4 is 17.5 Å². The number of halogens is 2. The zero-order chi connectivity index (χ0) is 12.5. The van der Waals surface area contributed by atoms with Gasteiger partial charge in [0, 0.05) is 0 Å². The Kier molecular flexibility index (Phi) is 3.35. The number of rotatable bonds is 2. The Morgan fingerprint density at radius 2 is 2.06 bits per heavy atom. The minimum absolute atomic E-state index is 0.0577. The van der Waals surface area contributed by atoms with Crippen molar-refractivity contribution in [2.75, 3.05) is 13.1 Å². The van der Waals surface area contributed by atoms with Crippen molar-refractivity contribution in [2.24, 2.45) is 5.73 Å². The summed E-state index contributed by atoms with van der Waals surface area (Å²) in [5, 5.41) is 3.22. The highest BCUT2D eigenvalue weighted by Gasteiger charge is 2.39.